The van der Waals surface area contributed by atoms with Gasteiger partial charge in [-0.15, -0.1) is 11.3 Å². The molecule has 0 bridgehead atoms. The highest BCUT2D eigenvalue weighted by Crippen LogP contribution is 2.40. The van der Waals surface area contributed by atoms with Gasteiger partial charge in [0.2, 0.25) is 0 Å². The minimum absolute atomic E-state index is 0.309. The minimum atomic E-state index is -0.720. The molecule has 0 radical (unpaired) electrons. The van der Waals surface area contributed by atoms with E-state index in [0.717, 1.165) is 22.2 Å². The van der Waals surface area contributed by atoms with Crippen molar-refractivity contribution in [2.24, 2.45) is 5.92 Å². The topological polar surface area (TPSA) is 40.5 Å². The second-order valence-electron chi connectivity index (χ2n) is 3.41. The Morgan fingerprint density at radius 3 is 2.62 bits per heavy atom. The lowest BCUT2D eigenvalue weighted by Gasteiger charge is -2.16. The molecule has 2 nitrogen and oxygen atoms in total. The first-order valence-corrected chi connectivity index (χ1v) is 5.96. The summed E-state index contributed by atoms with van der Waals surface area (Å²) in [4.78, 5) is 0.833. The number of hydrogen-bond donors (Lipinski definition) is 2. The van der Waals surface area contributed by atoms with Crippen LogP contribution in [0.1, 0.15) is 23.8 Å². The fourth-order valence-electron chi connectivity index (χ4n) is 1.37. The lowest BCUT2D eigenvalue weighted by atomic mass is 10.1. The van der Waals surface area contributed by atoms with Crippen LogP contribution in [0.15, 0.2) is 15.9 Å². The van der Waals surface area contributed by atoms with E-state index in [1.165, 1.54) is 11.3 Å². The summed E-state index contributed by atoms with van der Waals surface area (Å²) in [5.74, 6) is 0.309. The van der Waals surface area contributed by atoms with Crippen LogP contribution in [0, 0.1) is 5.92 Å². The zero-order valence-electron chi connectivity index (χ0n) is 6.98. The highest BCUT2D eigenvalue weighted by atomic mass is 79.9. The standard InChI is InChI=1S/C9H11BrO2S/c10-6-3-4-13-9(6)8(12)7(11)5-1-2-5/h3-5,7-8,11-12H,1-2H2. The lowest BCUT2D eigenvalue weighted by Crippen LogP contribution is -2.19. The van der Waals surface area contributed by atoms with Crippen LogP contribution < -0.4 is 0 Å². The van der Waals surface area contributed by atoms with Gasteiger partial charge in [0.15, 0.2) is 0 Å². The Morgan fingerprint density at radius 1 is 1.46 bits per heavy atom. The van der Waals surface area contributed by atoms with Crippen molar-refractivity contribution >= 4 is 27.3 Å². The van der Waals surface area contributed by atoms with Gasteiger partial charge >= 0.3 is 0 Å². The van der Waals surface area contributed by atoms with Crippen molar-refractivity contribution in [3.8, 4) is 0 Å². The van der Waals surface area contributed by atoms with Gasteiger partial charge in [0, 0.05) is 9.35 Å². The van der Waals surface area contributed by atoms with Crippen LogP contribution in [-0.2, 0) is 0 Å². The third-order valence-electron chi connectivity index (χ3n) is 2.34. The van der Waals surface area contributed by atoms with E-state index in [-0.39, 0.29) is 0 Å². The molecule has 1 heterocycles. The fourth-order valence-corrected chi connectivity index (χ4v) is 3.00. The molecule has 1 saturated carbocycles. The smallest absolute Gasteiger partial charge is 0.115 e. The maximum absolute atomic E-state index is 9.80. The second kappa shape index (κ2) is 3.69. The Bertz CT molecular complexity index is 296. The zero-order chi connectivity index (χ0) is 9.42. The van der Waals surface area contributed by atoms with Crippen LogP contribution in [0.3, 0.4) is 0 Å². The molecule has 0 aliphatic heterocycles. The Morgan fingerprint density at radius 2 is 2.15 bits per heavy atom. The normalized spacial score (nSPS) is 21.5. The molecule has 72 valence electrons. The summed E-state index contributed by atoms with van der Waals surface area (Å²) in [7, 11) is 0. The van der Waals surface area contributed by atoms with Crippen molar-refractivity contribution < 1.29 is 10.2 Å². The molecule has 1 aliphatic rings. The van der Waals surface area contributed by atoms with E-state index < -0.39 is 12.2 Å². The summed E-state index contributed by atoms with van der Waals surface area (Å²) in [6, 6.07) is 1.89. The second-order valence-corrected chi connectivity index (χ2v) is 5.21. The first-order chi connectivity index (χ1) is 6.20. The third kappa shape index (κ3) is 1.96. The lowest BCUT2D eigenvalue weighted by molar-refractivity contribution is 0.00656. The average molecular weight is 263 g/mol. The SMILES string of the molecule is OC(c1sccc1Br)C(O)C1CC1. The van der Waals surface area contributed by atoms with Gasteiger partial charge in [-0.2, -0.15) is 0 Å². The molecular weight excluding hydrogens is 252 g/mol. The molecule has 0 spiro atoms. The minimum Gasteiger partial charge on any atom is -0.390 e. The molecule has 0 saturated heterocycles. The highest BCUT2D eigenvalue weighted by molar-refractivity contribution is 9.10. The van der Waals surface area contributed by atoms with Gasteiger partial charge in [0.1, 0.15) is 6.10 Å². The van der Waals surface area contributed by atoms with E-state index in [1.54, 1.807) is 0 Å². The molecule has 4 heteroatoms. The van der Waals surface area contributed by atoms with Gasteiger partial charge in [-0.05, 0) is 46.1 Å². The molecular formula is C9H11BrO2S. The van der Waals surface area contributed by atoms with Crippen molar-refractivity contribution in [1.82, 2.24) is 0 Å². The molecule has 2 unspecified atom stereocenters. The van der Waals surface area contributed by atoms with Crippen molar-refractivity contribution in [3.63, 3.8) is 0 Å². The van der Waals surface area contributed by atoms with E-state index in [2.05, 4.69) is 15.9 Å². The van der Waals surface area contributed by atoms with Crippen LogP contribution in [0.25, 0.3) is 0 Å². The molecule has 0 aromatic carbocycles. The number of thiophene rings is 1. The van der Waals surface area contributed by atoms with Crippen molar-refractivity contribution in [3.05, 3.63) is 20.8 Å². The Labute approximate surface area is 89.3 Å². The first kappa shape index (κ1) is 9.65. The van der Waals surface area contributed by atoms with Crippen LogP contribution in [0.4, 0.5) is 0 Å². The van der Waals surface area contributed by atoms with Gasteiger partial charge in [-0.3, -0.25) is 0 Å². The van der Waals surface area contributed by atoms with Gasteiger partial charge in [0.25, 0.3) is 0 Å². The average Bonchev–Trinajstić information content (AvgIpc) is 2.87. The zero-order valence-corrected chi connectivity index (χ0v) is 9.38. The van der Waals surface area contributed by atoms with Crippen molar-refractivity contribution in [2.75, 3.05) is 0 Å². The largest absolute Gasteiger partial charge is 0.390 e. The van der Waals surface area contributed by atoms with Gasteiger partial charge in [0.05, 0.1) is 6.10 Å². The van der Waals surface area contributed by atoms with E-state index in [1.807, 2.05) is 11.4 Å². The summed E-state index contributed by atoms with van der Waals surface area (Å²) >= 11 is 4.82. The van der Waals surface area contributed by atoms with E-state index in [4.69, 9.17) is 0 Å². The van der Waals surface area contributed by atoms with Crippen molar-refractivity contribution in [2.45, 2.75) is 25.0 Å². The highest BCUT2D eigenvalue weighted by Gasteiger charge is 2.36. The molecule has 1 aromatic heterocycles. The third-order valence-corrected chi connectivity index (χ3v) is 4.28. The number of aliphatic hydroxyl groups is 2. The van der Waals surface area contributed by atoms with Crippen LogP contribution in [-0.4, -0.2) is 16.3 Å². The molecule has 2 atom stereocenters. The number of hydrogen-bond acceptors (Lipinski definition) is 3. The Kier molecular flexibility index (Phi) is 2.74. The first-order valence-electron chi connectivity index (χ1n) is 4.29. The summed E-state index contributed by atoms with van der Waals surface area (Å²) in [5.41, 5.74) is 0. The molecule has 13 heavy (non-hydrogen) atoms. The van der Waals surface area contributed by atoms with Crippen LogP contribution >= 0.6 is 27.3 Å². The predicted octanol–water partition coefficient (Wildman–Crippen LogP) is 2.31. The van der Waals surface area contributed by atoms with E-state index in [9.17, 15) is 10.2 Å². The molecule has 0 amide bonds. The number of aliphatic hydroxyl groups excluding tert-OH is 2. The van der Waals surface area contributed by atoms with Crippen LogP contribution in [0.5, 0.6) is 0 Å². The number of halogens is 1. The predicted molar refractivity (Wildman–Crippen MR) is 55.7 cm³/mol. The monoisotopic (exact) mass is 262 g/mol. The molecule has 1 fully saturated rings. The molecule has 1 aromatic rings. The van der Waals surface area contributed by atoms with Gasteiger partial charge in [-0.25, -0.2) is 0 Å². The number of rotatable bonds is 3. The Hall–Kier alpha value is 0.1000. The summed E-state index contributed by atoms with van der Waals surface area (Å²) in [6.45, 7) is 0. The maximum Gasteiger partial charge on any atom is 0.115 e. The van der Waals surface area contributed by atoms with Gasteiger partial charge < -0.3 is 10.2 Å². The van der Waals surface area contributed by atoms with Crippen molar-refractivity contribution in [1.29, 1.82) is 0 Å². The fraction of sp³-hybridized carbons (Fsp3) is 0.556. The summed E-state index contributed by atoms with van der Waals surface area (Å²) < 4.78 is 0.893. The Balaban J connectivity index is 2.11. The van der Waals surface area contributed by atoms with Crippen LogP contribution in [0.2, 0.25) is 0 Å². The van der Waals surface area contributed by atoms with E-state index in [0.29, 0.717) is 5.92 Å². The summed E-state index contributed by atoms with van der Waals surface area (Å²) in [5, 5.41) is 21.4. The quantitative estimate of drug-likeness (QED) is 0.878. The van der Waals surface area contributed by atoms with E-state index >= 15 is 0 Å². The molecule has 1 aliphatic carbocycles. The van der Waals surface area contributed by atoms with Gasteiger partial charge in [-0.1, -0.05) is 0 Å². The maximum atomic E-state index is 9.80. The summed E-state index contributed by atoms with van der Waals surface area (Å²) in [6.07, 6.45) is 0.777. The molecule has 2 N–H and O–H groups in total. The molecule has 2 rings (SSSR count).